The molecule has 0 aliphatic heterocycles. The molecular formula is C10H12F5O3-. The maximum atomic E-state index is 12.4. The molecule has 0 aromatic carbocycles. The van der Waals surface area contributed by atoms with Gasteiger partial charge in [0.15, 0.2) is 0 Å². The summed E-state index contributed by atoms with van der Waals surface area (Å²) < 4.78 is 62.1. The summed E-state index contributed by atoms with van der Waals surface area (Å²) in [7, 11) is 0. The lowest BCUT2D eigenvalue weighted by atomic mass is 9.93. The van der Waals surface area contributed by atoms with Crippen molar-refractivity contribution in [3.63, 3.8) is 0 Å². The number of rotatable bonds is 4. The summed E-state index contributed by atoms with van der Waals surface area (Å²) in [5, 5.41) is 19.7. The first-order chi connectivity index (χ1) is 7.85. The summed E-state index contributed by atoms with van der Waals surface area (Å²) >= 11 is 0. The molecule has 3 atom stereocenters. The van der Waals surface area contributed by atoms with Gasteiger partial charge in [0.25, 0.3) is 6.43 Å². The molecule has 8 heteroatoms. The number of carboxylic acid groups (broad SMARTS) is 1. The Balaban J connectivity index is 2.93. The molecule has 0 aromatic rings. The van der Waals surface area contributed by atoms with Crippen LogP contribution in [-0.4, -0.2) is 29.3 Å². The zero-order chi connectivity index (χ0) is 14.5. The maximum absolute atomic E-state index is 12.4. The van der Waals surface area contributed by atoms with E-state index in [1.807, 2.05) is 0 Å². The normalized spacial score (nSPS) is 30.1. The number of aliphatic hydroxyl groups is 1. The molecule has 0 radical (unpaired) electrons. The Labute approximate surface area is 99.6 Å². The number of carboxylic acids is 1. The predicted octanol–water partition coefficient (Wildman–Crippen LogP) is 0.957. The van der Waals surface area contributed by atoms with Crippen LogP contribution in [0.25, 0.3) is 0 Å². The van der Waals surface area contributed by atoms with Gasteiger partial charge in [0, 0.05) is 11.9 Å². The van der Waals surface area contributed by atoms with Crippen molar-refractivity contribution in [2.24, 2.45) is 17.3 Å². The topological polar surface area (TPSA) is 60.4 Å². The second-order valence-corrected chi connectivity index (χ2v) is 5.15. The van der Waals surface area contributed by atoms with Crippen LogP contribution in [0.5, 0.6) is 0 Å². The summed E-state index contributed by atoms with van der Waals surface area (Å²) in [6.45, 7) is 2.67. The molecule has 106 valence electrons. The Morgan fingerprint density at radius 1 is 1.39 bits per heavy atom. The fraction of sp³-hybridized carbons (Fsp3) is 0.900. The largest absolute Gasteiger partial charge is 0.550 e. The Hall–Kier alpha value is -0.920. The van der Waals surface area contributed by atoms with Crippen molar-refractivity contribution in [1.29, 1.82) is 0 Å². The number of halogens is 5. The second kappa shape index (κ2) is 4.04. The molecule has 1 unspecified atom stereocenters. The average Bonchev–Trinajstić information content (AvgIpc) is 2.65. The fourth-order valence-corrected chi connectivity index (χ4v) is 2.26. The van der Waals surface area contributed by atoms with E-state index in [1.54, 1.807) is 0 Å². The molecule has 0 amide bonds. The van der Waals surface area contributed by atoms with Gasteiger partial charge >= 0.3 is 6.18 Å². The lowest BCUT2D eigenvalue weighted by Gasteiger charge is -2.30. The fourth-order valence-electron chi connectivity index (χ4n) is 2.26. The zero-order valence-corrected chi connectivity index (χ0v) is 9.59. The Morgan fingerprint density at radius 3 is 2.06 bits per heavy atom. The molecule has 3 nitrogen and oxygen atoms in total. The van der Waals surface area contributed by atoms with Crippen molar-refractivity contribution in [2.75, 3.05) is 0 Å². The number of carbonyl (C=O) groups excluding carboxylic acids is 1. The standard InChI is InChI=1S/C10H13F5O3/c1-8(2)4(5(8)6(16)17)3-9(18,7(11)12)10(13,14)15/h4-5,7,18H,3H2,1-2H3,(H,16,17)/p-1/t4-,5+,9?/m0/s1. The molecule has 1 fully saturated rings. The van der Waals surface area contributed by atoms with Crippen LogP contribution in [-0.2, 0) is 4.79 Å². The highest BCUT2D eigenvalue weighted by Gasteiger charge is 2.68. The van der Waals surface area contributed by atoms with E-state index in [9.17, 15) is 31.9 Å². The number of alkyl halides is 5. The van der Waals surface area contributed by atoms with Crippen molar-refractivity contribution in [3.8, 4) is 0 Å². The molecule has 1 saturated carbocycles. The average molecular weight is 275 g/mol. The second-order valence-electron chi connectivity index (χ2n) is 5.15. The first kappa shape index (κ1) is 15.1. The van der Waals surface area contributed by atoms with Crippen LogP contribution in [0.2, 0.25) is 0 Å². The van der Waals surface area contributed by atoms with E-state index in [-0.39, 0.29) is 0 Å². The highest BCUT2D eigenvalue weighted by Crippen LogP contribution is 2.62. The van der Waals surface area contributed by atoms with E-state index in [2.05, 4.69) is 0 Å². The molecule has 18 heavy (non-hydrogen) atoms. The van der Waals surface area contributed by atoms with Gasteiger partial charge in [-0.15, -0.1) is 0 Å². The van der Waals surface area contributed by atoms with Crippen LogP contribution < -0.4 is 5.11 Å². The highest BCUT2D eigenvalue weighted by atomic mass is 19.4. The molecule has 0 aromatic heterocycles. The van der Waals surface area contributed by atoms with Gasteiger partial charge in [0.2, 0.25) is 5.60 Å². The molecule has 1 N–H and O–H groups in total. The minimum atomic E-state index is -5.52. The summed E-state index contributed by atoms with van der Waals surface area (Å²) in [5.74, 6) is -4.04. The van der Waals surface area contributed by atoms with Gasteiger partial charge in [-0.05, 0) is 17.8 Å². The van der Waals surface area contributed by atoms with Crippen LogP contribution in [0, 0.1) is 17.3 Å². The van der Waals surface area contributed by atoms with E-state index in [0.717, 1.165) is 0 Å². The smallest absolute Gasteiger partial charge is 0.422 e. The van der Waals surface area contributed by atoms with Gasteiger partial charge in [0.05, 0.1) is 0 Å². The third-order valence-corrected chi connectivity index (χ3v) is 3.69. The zero-order valence-electron chi connectivity index (χ0n) is 9.59. The van der Waals surface area contributed by atoms with Crippen LogP contribution in [0.1, 0.15) is 20.3 Å². The highest BCUT2D eigenvalue weighted by molar-refractivity contribution is 5.73. The molecule has 0 heterocycles. The SMILES string of the molecule is CC1(C)[C@@H](CC(O)(C(F)F)C(F)(F)F)[C@@H]1C(=O)[O-]. The first-order valence-electron chi connectivity index (χ1n) is 5.14. The third-order valence-electron chi connectivity index (χ3n) is 3.69. The summed E-state index contributed by atoms with van der Waals surface area (Å²) in [4.78, 5) is 10.6. The molecule has 0 spiro atoms. The Morgan fingerprint density at radius 2 is 1.83 bits per heavy atom. The van der Waals surface area contributed by atoms with Gasteiger partial charge in [0.1, 0.15) is 0 Å². The van der Waals surface area contributed by atoms with Crippen molar-refractivity contribution in [3.05, 3.63) is 0 Å². The van der Waals surface area contributed by atoms with Crippen molar-refractivity contribution >= 4 is 5.97 Å². The minimum Gasteiger partial charge on any atom is -0.550 e. The summed E-state index contributed by atoms with van der Waals surface area (Å²) in [6, 6.07) is 0. The van der Waals surface area contributed by atoms with Gasteiger partial charge in [-0.25, -0.2) is 8.78 Å². The van der Waals surface area contributed by atoms with E-state index in [1.165, 1.54) is 13.8 Å². The van der Waals surface area contributed by atoms with Crippen molar-refractivity contribution in [2.45, 2.75) is 38.5 Å². The quantitative estimate of drug-likeness (QED) is 0.777. The molecule has 1 rings (SSSR count). The van der Waals surface area contributed by atoms with Crippen molar-refractivity contribution in [1.82, 2.24) is 0 Å². The Bertz CT molecular complexity index is 352. The molecular weight excluding hydrogens is 263 g/mol. The third kappa shape index (κ3) is 2.17. The van der Waals surface area contributed by atoms with E-state index in [4.69, 9.17) is 5.11 Å². The number of hydrogen-bond acceptors (Lipinski definition) is 3. The molecule has 0 bridgehead atoms. The molecule has 0 saturated heterocycles. The minimum absolute atomic E-state index is 1.09. The van der Waals surface area contributed by atoms with Crippen LogP contribution >= 0.6 is 0 Å². The van der Waals surface area contributed by atoms with Crippen molar-refractivity contribution < 1.29 is 37.0 Å². The summed E-state index contributed by atoms with van der Waals surface area (Å²) in [6.07, 6.45) is -10.9. The van der Waals surface area contributed by atoms with Crippen LogP contribution in [0.15, 0.2) is 0 Å². The van der Waals surface area contributed by atoms with Crippen LogP contribution in [0.4, 0.5) is 22.0 Å². The van der Waals surface area contributed by atoms with Crippen LogP contribution in [0.3, 0.4) is 0 Å². The van der Waals surface area contributed by atoms with Gasteiger partial charge in [-0.2, -0.15) is 13.2 Å². The monoisotopic (exact) mass is 275 g/mol. The lowest BCUT2D eigenvalue weighted by molar-refractivity contribution is -0.311. The van der Waals surface area contributed by atoms with E-state index in [0.29, 0.717) is 0 Å². The van der Waals surface area contributed by atoms with Gasteiger partial charge < -0.3 is 15.0 Å². The molecule has 1 aliphatic rings. The predicted molar refractivity (Wildman–Crippen MR) is 47.4 cm³/mol. The maximum Gasteiger partial charge on any atom is 0.422 e. The number of aliphatic carboxylic acids is 1. The Kier molecular flexibility index (Phi) is 3.40. The number of carbonyl (C=O) groups is 1. The lowest BCUT2D eigenvalue weighted by Crippen LogP contribution is -2.52. The van der Waals surface area contributed by atoms with Gasteiger partial charge in [-0.3, -0.25) is 0 Å². The van der Waals surface area contributed by atoms with Gasteiger partial charge in [-0.1, -0.05) is 13.8 Å². The summed E-state index contributed by atoms with van der Waals surface area (Å²) in [5.41, 5.74) is -5.27. The van der Waals surface area contributed by atoms with E-state index >= 15 is 0 Å². The first-order valence-corrected chi connectivity index (χ1v) is 5.14. The number of hydrogen-bond donors (Lipinski definition) is 1. The van der Waals surface area contributed by atoms with E-state index < -0.39 is 47.8 Å². The molecule has 1 aliphatic carbocycles.